The van der Waals surface area contributed by atoms with Crippen molar-refractivity contribution in [2.75, 3.05) is 7.11 Å². The molecule has 0 radical (unpaired) electrons. The van der Waals surface area contributed by atoms with Crippen molar-refractivity contribution in [1.82, 2.24) is 10.3 Å². The van der Waals surface area contributed by atoms with Gasteiger partial charge in [-0.15, -0.1) is 0 Å². The SMILES string of the molecule is COc1c(OCc2ccccc2)cc(Br)nc1C(=O)NCc1ccc(F)cc1. The second-order valence-electron chi connectivity index (χ2n) is 5.91. The van der Waals surface area contributed by atoms with Gasteiger partial charge in [0.25, 0.3) is 5.91 Å². The van der Waals surface area contributed by atoms with Gasteiger partial charge in [-0.2, -0.15) is 0 Å². The Labute approximate surface area is 170 Å². The molecule has 3 aromatic rings. The number of rotatable bonds is 7. The highest BCUT2D eigenvalue weighted by Gasteiger charge is 2.20. The first-order chi connectivity index (χ1) is 13.6. The molecule has 0 fully saturated rings. The molecule has 5 nitrogen and oxygen atoms in total. The standard InChI is InChI=1S/C21H18BrFN2O3/c1-27-20-17(28-13-15-5-3-2-4-6-15)11-18(22)25-19(20)21(26)24-12-14-7-9-16(23)10-8-14/h2-11H,12-13H2,1H3,(H,24,26). The molecular formula is C21H18BrFN2O3. The number of benzene rings is 2. The van der Waals surface area contributed by atoms with Crippen LogP contribution in [0.15, 0.2) is 65.3 Å². The van der Waals surface area contributed by atoms with Crippen molar-refractivity contribution in [3.05, 3.63) is 87.9 Å². The fourth-order valence-electron chi connectivity index (χ4n) is 2.54. The fourth-order valence-corrected chi connectivity index (χ4v) is 2.93. The Hall–Kier alpha value is -2.93. The van der Waals surface area contributed by atoms with Gasteiger partial charge in [0.1, 0.15) is 17.0 Å². The molecule has 1 amide bonds. The van der Waals surface area contributed by atoms with Gasteiger partial charge in [-0.25, -0.2) is 9.37 Å². The molecule has 0 spiro atoms. The molecule has 0 aliphatic carbocycles. The van der Waals surface area contributed by atoms with E-state index in [9.17, 15) is 9.18 Å². The zero-order valence-corrected chi connectivity index (χ0v) is 16.7. The summed E-state index contributed by atoms with van der Waals surface area (Å²) < 4.78 is 24.7. The van der Waals surface area contributed by atoms with E-state index in [0.29, 0.717) is 17.0 Å². The molecule has 0 bridgehead atoms. The second-order valence-corrected chi connectivity index (χ2v) is 6.72. The molecule has 1 aromatic heterocycles. The maximum Gasteiger partial charge on any atom is 0.274 e. The Kier molecular flexibility index (Phi) is 6.60. The predicted molar refractivity (Wildman–Crippen MR) is 107 cm³/mol. The van der Waals surface area contributed by atoms with Crippen LogP contribution in [-0.2, 0) is 13.2 Å². The number of pyridine rings is 1. The summed E-state index contributed by atoms with van der Waals surface area (Å²) >= 11 is 3.31. The highest BCUT2D eigenvalue weighted by molar-refractivity contribution is 9.10. The molecule has 3 rings (SSSR count). The van der Waals surface area contributed by atoms with Crippen LogP contribution in [-0.4, -0.2) is 18.0 Å². The third-order valence-corrected chi connectivity index (χ3v) is 4.34. The van der Waals surface area contributed by atoms with E-state index < -0.39 is 5.91 Å². The van der Waals surface area contributed by atoms with Crippen molar-refractivity contribution in [2.45, 2.75) is 13.2 Å². The van der Waals surface area contributed by atoms with Gasteiger partial charge < -0.3 is 14.8 Å². The van der Waals surface area contributed by atoms with Crippen LogP contribution in [0.3, 0.4) is 0 Å². The molecule has 0 saturated heterocycles. The summed E-state index contributed by atoms with van der Waals surface area (Å²) in [7, 11) is 1.46. The molecule has 0 aliphatic rings. The Morgan fingerprint density at radius 3 is 2.50 bits per heavy atom. The van der Waals surface area contributed by atoms with E-state index in [4.69, 9.17) is 9.47 Å². The maximum atomic E-state index is 13.0. The van der Waals surface area contributed by atoms with E-state index in [1.54, 1.807) is 18.2 Å². The third kappa shape index (κ3) is 5.07. The Balaban J connectivity index is 1.76. The van der Waals surface area contributed by atoms with Crippen LogP contribution in [0.4, 0.5) is 4.39 Å². The molecular weight excluding hydrogens is 427 g/mol. The minimum absolute atomic E-state index is 0.0991. The van der Waals surface area contributed by atoms with Crippen molar-refractivity contribution >= 4 is 21.8 Å². The van der Waals surface area contributed by atoms with Crippen LogP contribution in [0.25, 0.3) is 0 Å². The van der Waals surface area contributed by atoms with E-state index in [0.717, 1.165) is 11.1 Å². The van der Waals surface area contributed by atoms with Gasteiger partial charge in [-0.05, 0) is 39.2 Å². The summed E-state index contributed by atoms with van der Waals surface area (Å²) in [5, 5.41) is 2.76. The van der Waals surface area contributed by atoms with Gasteiger partial charge in [-0.3, -0.25) is 4.79 Å². The number of amides is 1. The Bertz CT molecular complexity index is 950. The fraction of sp³-hybridized carbons (Fsp3) is 0.143. The van der Waals surface area contributed by atoms with Crippen LogP contribution in [0.1, 0.15) is 21.6 Å². The zero-order chi connectivity index (χ0) is 19.9. The quantitative estimate of drug-likeness (QED) is 0.544. The topological polar surface area (TPSA) is 60.5 Å². The number of hydrogen-bond acceptors (Lipinski definition) is 4. The molecule has 144 valence electrons. The van der Waals surface area contributed by atoms with E-state index >= 15 is 0 Å². The number of hydrogen-bond donors (Lipinski definition) is 1. The van der Waals surface area contributed by atoms with Gasteiger partial charge in [0, 0.05) is 12.6 Å². The van der Waals surface area contributed by atoms with Gasteiger partial charge >= 0.3 is 0 Å². The lowest BCUT2D eigenvalue weighted by Gasteiger charge is -2.14. The summed E-state index contributed by atoms with van der Waals surface area (Å²) in [5.74, 6) is -0.103. The number of nitrogens with zero attached hydrogens (tertiary/aromatic N) is 1. The minimum atomic E-state index is -0.424. The second kappa shape index (κ2) is 9.32. The minimum Gasteiger partial charge on any atom is -0.491 e. The first-order valence-electron chi connectivity index (χ1n) is 8.50. The van der Waals surface area contributed by atoms with E-state index in [2.05, 4.69) is 26.2 Å². The van der Waals surface area contributed by atoms with Crippen LogP contribution in [0.2, 0.25) is 0 Å². The number of halogens is 2. The molecule has 1 N–H and O–H groups in total. The average molecular weight is 445 g/mol. The molecule has 0 saturated carbocycles. The van der Waals surface area contributed by atoms with E-state index in [1.165, 1.54) is 19.2 Å². The summed E-state index contributed by atoms with van der Waals surface area (Å²) in [6.45, 7) is 0.557. The van der Waals surface area contributed by atoms with Gasteiger partial charge in [0.2, 0.25) is 0 Å². The van der Waals surface area contributed by atoms with Crippen molar-refractivity contribution in [1.29, 1.82) is 0 Å². The molecule has 0 atom stereocenters. The van der Waals surface area contributed by atoms with Crippen LogP contribution < -0.4 is 14.8 Å². The highest BCUT2D eigenvalue weighted by Crippen LogP contribution is 2.33. The summed E-state index contributed by atoms with van der Waals surface area (Å²) in [4.78, 5) is 16.9. The maximum absolute atomic E-state index is 13.0. The van der Waals surface area contributed by atoms with Crippen molar-refractivity contribution in [3.8, 4) is 11.5 Å². The molecule has 28 heavy (non-hydrogen) atoms. The number of carbonyl (C=O) groups is 1. The predicted octanol–water partition coefficient (Wildman–Crippen LogP) is 4.50. The van der Waals surface area contributed by atoms with Crippen LogP contribution in [0.5, 0.6) is 11.5 Å². The molecule has 0 aliphatic heterocycles. The number of carbonyl (C=O) groups excluding carboxylic acids is 1. The molecule has 0 unspecified atom stereocenters. The summed E-state index contributed by atoms with van der Waals surface area (Å²) in [5.41, 5.74) is 1.85. The Morgan fingerprint density at radius 2 is 1.82 bits per heavy atom. The number of methoxy groups -OCH3 is 1. The smallest absolute Gasteiger partial charge is 0.274 e. The molecule has 1 heterocycles. The van der Waals surface area contributed by atoms with E-state index in [1.807, 2.05) is 30.3 Å². The van der Waals surface area contributed by atoms with Crippen molar-refractivity contribution < 1.29 is 18.7 Å². The highest BCUT2D eigenvalue weighted by atomic mass is 79.9. The van der Waals surface area contributed by atoms with Gasteiger partial charge in [0.15, 0.2) is 17.2 Å². The molecule has 2 aromatic carbocycles. The van der Waals surface area contributed by atoms with Crippen molar-refractivity contribution in [2.24, 2.45) is 0 Å². The van der Waals surface area contributed by atoms with E-state index in [-0.39, 0.29) is 23.8 Å². The summed E-state index contributed by atoms with van der Waals surface area (Å²) in [6, 6.07) is 17.2. The Morgan fingerprint density at radius 1 is 1.11 bits per heavy atom. The van der Waals surface area contributed by atoms with Crippen molar-refractivity contribution in [3.63, 3.8) is 0 Å². The van der Waals surface area contributed by atoms with Crippen LogP contribution in [0, 0.1) is 5.82 Å². The normalized spacial score (nSPS) is 10.4. The first kappa shape index (κ1) is 19.8. The lowest BCUT2D eigenvalue weighted by Crippen LogP contribution is -2.24. The first-order valence-corrected chi connectivity index (χ1v) is 9.30. The zero-order valence-electron chi connectivity index (χ0n) is 15.1. The largest absolute Gasteiger partial charge is 0.491 e. The average Bonchev–Trinajstić information content (AvgIpc) is 2.72. The number of nitrogens with one attached hydrogen (secondary N) is 1. The molecule has 7 heteroatoms. The number of aromatic nitrogens is 1. The lowest BCUT2D eigenvalue weighted by molar-refractivity contribution is 0.0941. The third-order valence-electron chi connectivity index (χ3n) is 3.93. The van der Waals surface area contributed by atoms with Crippen LogP contribution >= 0.6 is 15.9 Å². The number of ether oxygens (including phenoxy) is 2. The van der Waals surface area contributed by atoms with Gasteiger partial charge in [0.05, 0.1) is 7.11 Å². The van der Waals surface area contributed by atoms with Gasteiger partial charge in [-0.1, -0.05) is 42.5 Å². The summed E-state index contributed by atoms with van der Waals surface area (Å²) in [6.07, 6.45) is 0. The lowest BCUT2D eigenvalue weighted by atomic mass is 10.2. The monoisotopic (exact) mass is 444 g/mol.